The van der Waals surface area contributed by atoms with Gasteiger partial charge in [0.15, 0.2) is 0 Å². The normalized spacial score (nSPS) is 26.5. The molecule has 0 aromatic rings. The lowest BCUT2D eigenvalue weighted by Gasteiger charge is -2.55. The van der Waals surface area contributed by atoms with Gasteiger partial charge >= 0.3 is 0 Å². The van der Waals surface area contributed by atoms with Crippen molar-refractivity contribution >= 4 is 11.8 Å². The van der Waals surface area contributed by atoms with Crippen LogP contribution < -0.4 is 0 Å². The van der Waals surface area contributed by atoms with Crippen LogP contribution in [0.25, 0.3) is 0 Å². The van der Waals surface area contributed by atoms with Crippen molar-refractivity contribution in [3.8, 4) is 0 Å². The number of hydrogen-bond donors (Lipinski definition) is 0. The Labute approximate surface area is 99.3 Å². The molecule has 1 aliphatic rings. The summed E-state index contributed by atoms with van der Waals surface area (Å²) in [6.45, 7) is 16.7. The maximum Gasteiger partial charge on any atom is 0.0169 e. The molecule has 0 aromatic carbocycles. The highest BCUT2D eigenvalue weighted by atomic mass is 32.2. The molecule has 0 aromatic heterocycles. The molecule has 0 amide bonds. The fourth-order valence-corrected chi connectivity index (χ4v) is 4.59. The molecule has 1 fully saturated rings. The fourth-order valence-electron chi connectivity index (χ4n) is 3.31. The highest BCUT2D eigenvalue weighted by Crippen LogP contribution is 2.42. The summed E-state index contributed by atoms with van der Waals surface area (Å²) >= 11 is 1.91. The molecule has 1 heterocycles. The van der Waals surface area contributed by atoms with Crippen molar-refractivity contribution in [2.75, 3.05) is 6.54 Å². The minimum atomic E-state index is 0.317. The Hall–Kier alpha value is 0.0500. The van der Waals surface area contributed by atoms with E-state index in [2.05, 4.69) is 46.1 Å². The zero-order valence-electron chi connectivity index (χ0n) is 10.8. The number of hydrogen-bond acceptors (Lipinski definition) is 2. The van der Waals surface area contributed by atoms with E-state index in [0.29, 0.717) is 11.1 Å². The standard InChI is InChI=1S/C13H25NS/c1-7-14-12(3,4)9-11(15-8-2)10-13(14,5)6/h8,11H,2,7,9-10H2,1,3-6H3. The summed E-state index contributed by atoms with van der Waals surface area (Å²) in [6.07, 6.45) is 2.53. The van der Waals surface area contributed by atoms with E-state index in [0.717, 1.165) is 11.8 Å². The van der Waals surface area contributed by atoms with Crippen LogP contribution in [0.3, 0.4) is 0 Å². The van der Waals surface area contributed by atoms with Crippen LogP contribution in [0.15, 0.2) is 12.0 Å². The SMILES string of the molecule is C=CSC1CC(C)(C)N(CC)C(C)(C)C1. The van der Waals surface area contributed by atoms with E-state index < -0.39 is 0 Å². The molecule has 0 saturated carbocycles. The Kier molecular flexibility index (Phi) is 3.94. The Morgan fingerprint density at radius 1 is 1.27 bits per heavy atom. The summed E-state index contributed by atoms with van der Waals surface area (Å²) in [5.41, 5.74) is 0.633. The predicted octanol–water partition coefficient (Wildman–Crippen LogP) is 3.90. The maximum atomic E-state index is 3.84. The second-order valence-corrected chi connectivity index (χ2v) is 6.97. The van der Waals surface area contributed by atoms with Gasteiger partial charge in [-0.15, -0.1) is 11.8 Å². The molecule has 0 aliphatic carbocycles. The molecule has 1 nitrogen and oxygen atoms in total. The van der Waals surface area contributed by atoms with Crippen LogP contribution in [0.5, 0.6) is 0 Å². The zero-order valence-corrected chi connectivity index (χ0v) is 11.7. The van der Waals surface area contributed by atoms with Crippen LogP contribution in [0.2, 0.25) is 0 Å². The first kappa shape index (κ1) is 13.1. The fraction of sp³-hybridized carbons (Fsp3) is 0.846. The molecule has 88 valence electrons. The van der Waals surface area contributed by atoms with Gasteiger partial charge in [0.05, 0.1) is 0 Å². The largest absolute Gasteiger partial charge is 0.293 e. The molecule has 1 aliphatic heterocycles. The molecular formula is C13H25NS. The minimum Gasteiger partial charge on any atom is -0.293 e. The van der Waals surface area contributed by atoms with Gasteiger partial charge in [0.2, 0.25) is 0 Å². The highest BCUT2D eigenvalue weighted by molar-refractivity contribution is 8.02. The van der Waals surface area contributed by atoms with Crippen molar-refractivity contribution in [2.24, 2.45) is 0 Å². The van der Waals surface area contributed by atoms with Crippen LogP contribution in [0.1, 0.15) is 47.5 Å². The molecule has 0 spiro atoms. The first-order valence-corrected chi connectivity index (χ1v) is 6.82. The third-order valence-electron chi connectivity index (χ3n) is 3.52. The number of thioether (sulfide) groups is 1. The van der Waals surface area contributed by atoms with Crippen molar-refractivity contribution in [3.05, 3.63) is 12.0 Å². The zero-order chi connectivity index (χ0) is 11.7. The molecule has 0 bridgehead atoms. The first-order chi connectivity index (χ1) is 6.83. The molecule has 0 unspecified atom stereocenters. The van der Waals surface area contributed by atoms with Crippen LogP contribution in [-0.4, -0.2) is 27.8 Å². The van der Waals surface area contributed by atoms with Crippen LogP contribution in [0.4, 0.5) is 0 Å². The van der Waals surface area contributed by atoms with E-state index in [-0.39, 0.29) is 0 Å². The van der Waals surface area contributed by atoms with Gasteiger partial charge in [-0.25, -0.2) is 0 Å². The number of likely N-dealkylation sites (tertiary alicyclic amines) is 1. The van der Waals surface area contributed by atoms with Crippen molar-refractivity contribution in [1.82, 2.24) is 4.90 Å². The van der Waals surface area contributed by atoms with Crippen molar-refractivity contribution in [2.45, 2.75) is 63.8 Å². The third-order valence-corrected chi connectivity index (χ3v) is 4.43. The average Bonchev–Trinajstić information content (AvgIpc) is 2.00. The summed E-state index contributed by atoms with van der Waals surface area (Å²) in [6, 6.07) is 0. The van der Waals surface area contributed by atoms with Gasteiger partial charge in [-0.3, -0.25) is 4.90 Å². The summed E-state index contributed by atoms with van der Waals surface area (Å²) in [5, 5.41) is 2.73. The van der Waals surface area contributed by atoms with E-state index >= 15 is 0 Å². The third kappa shape index (κ3) is 2.79. The van der Waals surface area contributed by atoms with E-state index in [1.165, 1.54) is 12.8 Å². The minimum absolute atomic E-state index is 0.317. The topological polar surface area (TPSA) is 3.24 Å². The Balaban J connectivity index is 2.85. The van der Waals surface area contributed by atoms with Gasteiger partial charge in [-0.2, -0.15) is 0 Å². The van der Waals surface area contributed by atoms with Gasteiger partial charge in [0.25, 0.3) is 0 Å². The van der Waals surface area contributed by atoms with Crippen LogP contribution in [-0.2, 0) is 0 Å². The van der Waals surface area contributed by atoms with Crippen molar-refractivity contribution < 1.29 is 0 Å². The predicted molar refractivity (Wildman–Crippen MR) is 71.3 cm³/mol. The Bertz CT molecular complexity index is 215. The maximum absolute atomic E-state index is 3.84. The van der Waals surface area contributed by atoms with E-state index in [1.807, 2.05) is 17.2 Å². The number of rotatable bonds is 3. The molecule has 1 rings (SSSR count). The van der Waals surface area contributed by atoms with Gasteiger partial charge in [0, 0.05) is 16.3 Å². The quantitative estimate of drug-likeness (QED) is 0.719. The first-order valence-electron chi connectivity index (χ1n) is 5.87. The molecule has 2 heteroatoms. The van der Waals surface area contributed by atoms with E-state index in [9.17, 15) is 0 Å². The highest BCUT2D eigenvalue weighted by Gasteiger charge is 2.44. The van der Waals surface area contributed by atoms with Gasteiger partial charge < -0.3 is 0 Å². The van der Waals surface area contributed by atoms with Gasteiger partial charge in [-0.05, 0) is 52.5 Å². The molecule has 1 saturated heterocycles. The molecule has 0 radical (unpaired) electrons. The summed E-state index contributed by atoms with van der Waals surface area (Å²) in [7, 11) is 0. The molecular weight excluding hydrogens is 202 g/mol. The number of nitrogens with zero attached hydrogens (tertiary/aromatic N) is 1. The van der Waals surface area contributed by atoms with E-state index in [4.69, 9.17) is 0 Å². The molecule has 15 heavy (non-hydrogen) atoms. The lowest BCUT2D eigenvalue weighted by molar-refractivity contribution is -0.0187. The second kappa shape index (κ2) is 4.50. The summed E-state index contributed by atoms with van der Waals surface area (Å²) < 4.78 is 0. The smallest absolute Gasteiger partial charge is 0.0169 e. The molecule has 0 atom stereocenters. The molecule has 0 N–H and O–H groups in total. The lowest BCUT2D eigenvalue weighted by Crippen LogP contribution is -2.61. The summed E-state index contributed by atoms with van der Waals surface area (Å²) in [4.78, 5) is 2.64. The van der Waals surface area contributed by atoms with Crippen molar-refractivity contribution in [3.63, 3.8) is 0 Å². The van der Waals surface area contributed by atoms with Gasteiger partial charge in [0.1, 0.15) is 0 Å². The number of piperidine rings is 1. The Morgan fingerprint density at radius 2 is 1.73 bits per heavy atom. The van der Waals surface area contributed by atoms with Crippen LogP contribution >= 0.6 is 11.8 Å². The lowest BCUT2D eigenvalue weighted by atomic mass is 9.79. The van der Waals surface area contributed by atoms with E-state index in [1.54, 1.807) is 0 Å². The van der Waals surface area contributed by atoms with Crippen LogP contribution in [0, 0.1) is 0 Å². The van der Waals surface area contributed by atoms with Gasteiger partial charge in [-0.1, -0.05) is 13.5 Å². The average molecular weight is 227 g/mol. The summed E-state index contributed by atoms with van der Waals surface area (Å²) in [5.74, 6) is 0. The monoisotopic (exact) mass is 227 g/mol. The Morgan fingerprint density at radius 3 is 2.07 bits per heavy atom. The van der Waals surface area contributed by atoms with Crippen molar-refractivity contribution in [1.29, 1.82) is 0 Å². The second-order valence-electron chi connectivity index (χ2n) is 5.70.